The van der Waals surface area contributed by atoms with Gasteiger partial charge in [-0.05, 0) is 66.9 Å². The fourth-order valence-electron chi connectivity index (χ4n) is 5.12. The van der Waals surface area contributed by atoms with Crippen molar-refractivity contribution in [2.75, 3.05) is 11.5 Å². The van der Waals surface area contributed by atoms with Crippen LogP contribution in [0.5, 0.6) is 11.5 Å². The summed E-state index contributed by atoms with van der Waals surface area (Å²) < 4.78 is 12.1. The van der Waals surface area contributed by atoms with E-state index in [1.54, 1.807) is 36.4 Å². The van der Waals surface area contributed by atoms with E-state index in [2.05, 4.69) is 10.2 Å². The molecule has 0 radical (unpaired) electrons. The van der Waals surface area contributed by atoms with Gasteiger partial charge in [-0.15, -0.1) is 10.2 Å². The van der Waals surface area contributed by atoms with Crippen molar-refractivity contribution < 1.29 is 24.2 Å². The third kappa shape index (κ3) is 5.37. The zero-order valence-electron chi connectivity index (χ0n) is 22.7. The van der Waals surface area contributed by atoms with Gasteiger partial charge in [-0.3, -0.25) is 14.5 Å². The van der Waals surface area contributed by atoms with Gasteiger partial charge in [-0.25, -0.2) is 0 Å². The van der Waals surface area contributed by atoms with Crippen LogP contribution in [0.3, 0.4) is 0 Å². The Labute approximate surface area is 255 Å². The number of hydrogen-bond acceptors (Lipinski definition) is 9. The number of ketones is 1. The van der Waals surface area contributed by atoms with Gasteiger partial charge in [0.05, 0.1) is 18.2 Å². The van der Waals surface area contributed by atoms with Gasteiger partial charge >= 0.3 is 5.91 Å². The van der Waals surface area contributed by atoms with E-state index in [4.69, 9.17) is 21.1 Å². The molecule has 0 aliphatic carbocycles. The Kier molecular flexibility index (Phi) is 7.94. The van der Waals surface area contributed by atoms with Crippen molar-refractivity contribution in [3.63, 3.8) is 0 Å². The highest BCUT2D eigenvalue weighted by Gasteiger charge is 2.48. The van der Waals surface area contributed by atoms with Crippen LogP contribution < -0.4 is 14.4 Å². The van der Waals surface area contributed by atoms with Crippen LogP contribution in [0.1, 0.15) is 42.1 Å². The van der Waals surface area contributed by atoms with E-state index < -0.39 is 17.7 Å². The van der Waals surface area contributed by atoms with Gasteiger partial charge < -0.3 is 14.6 Å². The quantitative estimate of drug-likeness (QED) is 0.0753. The highest BCUT2D eigenvalue weighted by molar-refractivity contribution is 8.00. The molecule has 3 aromatic carbocycles. The molecule has 11 heteroatoms. The van der Waals surface area contributed by atoms with Gasteiger partial charge in [0, 0.05) is 22.8 Å². The first-order valence-electron chi connectivity index (χ1n) is 13.4. The van der Waals surface area contributed by atoms with Crippen LogP contribution in [-0.2, 0) is 21.8 Å². The number of aromatic nitrogens is 2. The number of aliphatic hydroxyl groups excluding tert-OH is 1. The largest absolute Gasteiger partial charge is 0.507 e. The molecule has 1 amide bonds. The fraction of sp³-hybridized carbons (Fsp3) is 0.226. The minimum absolute atomic E-state index is 0.0201. The highest BCUT2D eigenvalue weighted by Crippen LogP contribution is 2.45. The van der Waals surface area contributed by atoms with Crippen molar-refractivity contribution in [1.29, 1.82) is 0 Å². The van der Waals surface area contributed by atoms with Gasteiger partial charge in [0.15, 0.2) is 4.34 Å². The Balaban J connectivity index is 1.40. The van der Waals surface area contributed by atoms with Crippen molar-refractivity contribution in [2.24, 2.45) is 0 Å². The summed E-state index contributed by atoms with van der Waals surface area (Å²) in [7, 11) is 0. The number of anilines is 1. The average molecular weight is 620 g/mol. The number of halogens is 1. The van der Waals surface area contributed by atoms with Crippen LogP contribution in [0.4, 0.5) is 5.13 Å². The van der Waals surface area contributed by atoms with E-state index in [9.17, 15) is 14.7 Å². The predicted octanol–water partition coefficient (Wildman–Crippen LogP) is 6.83. The second-order valence-electron chi connectivity index (χ2n) is 9.86. The number of carbonyl (C=O) groups is 2. The molecule has 0 bridgehead atoms. The van der Waals surface area contributed by atoms with E-state index in [0.717, 1.165) is 16.9 Å². The molecule has 42 heavy (non-hydrogen) atoms. The van der Waals surface area contributed by atoms with Crippen molar-refractivity contribution in [3.8, 4) is 11.5 Å². The molecular formula is C31H26ClN3O5S2. The van der Waals surface area contributed by atoms with Gasteiger partial charge in [0.25, 0.3) is 5.78 Å². The number of amides is 1. The van der Waals surface area contributed by atoms with Gasteiger partial charge in [-0.2, -0.15) is 0 Å². The van der Waals surface area contributed by atoms with Crippen molar-refractivity contribution in [1.82, 2.24) is 10.2 Å². The molecule has 0 unspecified atom stereocenters. The lowest BCUT2D eigenvalue weighted by molar-refractivity contribution is -0.132. The van der Waals surface area contributed by atoms with Crippen molar-refractivity contribution in [2.45, 2.75) is 42.5 Å². The molecule has 0 saturated carbocycles. The van der Waals surface area contributed by atoms with Gasteiger partial charge in [0.2, 0.25) is 5.13 Å². The predicted molar refractivity (Wildman–Crippen MR) is 164 cm³/mol. The third-order valence-corrected chi connectivity index (χ3v) is 9.48. The number of rotatable bonds is 8. The number of benzene rings is 3. The summed E-state index contributed by atoms with van der Waals surface area (Å²) in [6.07, 6.45) is 0.705. The normalized spacial score (nSPS) is 19.2. The SMILES string of the molecule is CCOc1cccc([C@H]2C(=C(O)c3ccc4c(c3)C[C@H](C)O4)C(=O)C(=O)N2c2nnc(SCc3ccccc3Cl)s2)c1. The number of aliphatic hydroxyl groups is 1. The molecule has 1 aromatic heterocycles. The zero-order chi connectivity index (χ0) is 29.4. The summed E-state index contributed by atoms with van der Waals surface area (Å²) >= 11 is 8.94. The van der Waals surface area contributed by atoms with Gasteiger partial charge in [0.1, 0.15) is 23.4 Å². The smallest absolute Gasteiger partial charge is 0.301 e. The molecule has 214 valence electrons. The second-order valence-corrected chi connectivity index (χ2v) is 12.4. The summed E-state index contributed by atoms with van der Waals surface area (Å²) in [6, 6.07) is 19.1. The molecule has 8 nitrogen and oxygen atoms in total. The standard InChI is InChI=1S/C31H26ClN3O5S2/c1-3-39-22-9-6-8-18(15-22)26-25(27(36)19-11-12-24-21(14-19)13-17(2)40-24)28(37)29(38)35(26)30-33-34-31(42-30)41-16-20-7-4-5-10-23(20)32/h4-12,14-15,17,26,36H,3,13,16H2,1-2H3/t17-,26-/m0/s1. The van der Waals surface area contributed by atoms with Crippen LogP contribution in [0.25, 0.3) is 5.76 Å². The van der Waals surface area contributed by atoms with Crippen LogP contribution in [0, 0.1) is 0 Å². The Bertz CT molecular complexity index is 1720. The molecule has 2 aliphatic rings. The van der Waals surface area contributed by atoms with E-state index in [0.29, 0.717) is 45.0 Å². The van der Waals surface area contributed by atoms with Crippen molar-refractivity contribution >= 4 is 57.3 Å². The molecule has 1 fully saturated rings. The van der Waals surface area contributed by atoms with Crippen LogP contribution in [0.2, 0.25) is 5.02 Å². The van der Waals surface area contributed by atoms with E-state index in [1.165, 1.54) is 28.0 Å². The molecule has 0 spiro atoms. The minimum Gasteiger partial charge on any atom is -0.507 e. The molecule has 1 N–H and O–H groups in total. The highest BCUT2D eigenvalue weighted by atomic mass is 35.5. The van der Waals surface area contributed by atoms with E-state index >= 15 is 0 Å². The summed E-state index contributed by atoms with van der Waals surface area (Å²) in [5.41, 5.74) is 2.88. The second kappa shape index (κ2) is 11.8. The van der Waals surface area contributed by atoms with Crippen LogP contribution >= 0.6 is 34.7 Å². The molecule has 1 saturated heterocycles. The summed E-state index contributed by atoms with van der Waals surface area (Å²) in [4.78, 5) is 28.5. The maximum absolute atomic E-state index is 13.6. The number of Topliss-reactive ketones (excluding diaryl/α,β-unsaturated/α-hetero) is 1. The number of thioether (sulfide) groups is 1. The first-order chi connectivity index (χ1) is 20.3. The Hall–Kier alpha value is -3.86. The third-order valence-electron chi connectivity index (χ3n) is 7.01. The number of nitrogens with zero attached hydrogens (tertiary/aromatic N) is 3. The molecule has 2 atom stereocenters. The van der Waals surface area contributed by atoms with E-state index in [-0.39, 0.29) is 22.6 Å². The fourth-order valence-corrected chi connectivity index (χ4v) is 7.28. The number of hydrogen-bond donors (Lipinski definition) is 1. The summed E-state index contributed by atoms with van der Waals surface area (Å²) in [5.74, 6) is 0.0369. The first-order valence-corrected chi connectivity index (χ1v) is 15.6. The lowest BCUT2D eigenvalue weighted by atomic mass is 9.94. The molecule has 4 aromatic rings. The monoisotopic (exact) mass is 619 g/mol. The zero-order valence-corrected chi connectivity index (χ0v) is 25.1. The lowest BCUT2D eigenvalue weighted by Crippen LogP contribution is -2.29. The number of ether oxygens (including phenoxy) is 2. The van der Waals surface area contributed by atoms with Crippen LogP contribution in [0.15, 0.2) is 76.6 Å². The molecule has 6 rings (SSSR count). The summed E-state index contributed by atoms with van der Waals surface area (Å²) in [5, 5.41) is 21.1. The Morgan fingerprint density at radius 1 is 1.14 bits per heavy atom. The van der Waals surface area contributed by atoms with Gasteiger partial charge in [-0.1, -0.05) is 65.0 Å². The van der Waals surface area contributed by atoms with Crippen molar-refractivity contribution in [3.05, 3.63) is 99.6 Å². The molecule has 2 aliphatic heterocycles. The first kappa shape index (κ1) is 28.3. The minimum atomic E-state index is -0.941. The topological polar surface area (TPSA) is 102 Å². The summed E-state index contributed by atoms with van der Waals surface area (Å²) in [6.45, 7) is 4.29. The average Bonchev–Trinajstić information content (AvgIpc) is 3.67. The van der Waals surface area contributed by atoms with Crippen LogP contribution in [-0.4, -0.2) is 39.7 Å². The number of carbonyl (C=O) groups excluding carboxylic acids is 2. The maximum Gasteiger partial charge on any atom is 0.301 e. The Morgan fingerprint density at radius 3 is 2.79 bits per heavy atom. The number of fused-ring (bicyclic) bond motifs is 1. The maximum atomic E-state index is 13.6. The molecule has 3 heterocycles. The molecular weight excluding hydrogens is 594 g/mol. The van der Waals surface area contributed by atoms with E-state index in [1.807, 2.05) is 44.2 Å². The lowest BCUT2D eigenvalue weighted by Gasteiger charge is -2.23. The Morgan fingerprint density at radius 2 is 1.98 bits per heavy atom.